The van der Waals surface area contributed by atoms with Gasteiger partial charge in [0.1, 0.15) is 18.1 Å². The minimum Gasteiger partial charge on any atom is -0.489 e. The first-order valence-corrected chi connectivity index (χ1v) is 9.36. The smallest absolute Gasteiger partial charge is 0.258 e. The van der Waals surface area contributed by atoms with Crippen LogP contribution in [0.3, 0.4) is 0 Å². The van der Waals surface area contributed by atoms with Gasteiger partial charge in [0.05, 0.1) is 0 Å². The van der Waals surface area contributed by atoms with Crippen molar-refractivity contribution in [1.82, 2.24) is 5.32 Å². The van der Waals surface area contributed by atoms with E-state index >= 15 is 0 Å². The number of para-hydroxylation sites is 1. The first-order valence-electron chi connectivity index (χ1n) is 9.36. The molecule has 0 aliphatic carbocycles. The topological polar surface area (TPSA) is 64.6 Å². The van der Waals surface area contributed by atoms with Crippen molar-refractivity contribution >= 4 is 11.7 Å². The predicted molar refractivity (Wildman–Crippen MR) is 111 cm³/mol. The van der Waals surface area contributed by atoms with Crippen LogP contribution in [0.1, 0.15) is 28.4 Å². The zero-order chi connectivity index (χ0) is 20.5. The van der Waals surface area contributed by atoms with Gasteiger partial charge in [0.25, 0.3) is 5.91 Å². The maximum Gasteiger partial charge on any atom is 0.258 e. The van der Waals surface area contributed by atoms with Crippen molar-refractivity contribution in [1.29, 1.82) is 0 Å². The third-order valence-electron chi connectivity index (χ3n) is 4.29. The lowest BCUT2D eigenvalue weighted by Crippen LogP contribution is -2.28. The molecule has 1 N–H and O–H groups in total. The summed E-state index contributed by atoms with van der Waals surface area (Å²) in [4.78, 5) is 23.2. The number of ether oxygens (including phenoxy) is 2. The SMILES string of the molecule is CC(=O)c1ccc(OCC(=O)NCc2ccc(COc3ccccc3)cc2)cc1. The Morgan fingerprint density at radius 1 is 0.759 bits per heavy atom. The first kappa shape index (κ1) is 20.1. The molecular formula is C24H23NO4. The van der Waals surface area contributed by atoms with E-state index in [1.54, 1.807) is 24.3 Å². The number of ketones is 1. The molecule has 0 aliphatic rings. The van der Waals surface area contributed by atoms with Gasteiger partial charge in [-0.15, -0.1) is 0 Å². The van der Waals surface area contributed by atoms with Crippen molar-refractivity contribution in [3.8, 4) is 11.5 Å². The van der Waals surface area contributed by atoms with E-state index in [-0.39, 0.29) is 18.3 Å². The summed E-state index contributed by atoms with van der Waals surface area (Å²) in [6.45, 7) is 2.34. The summed E-state index contributed by atoms with van der Waals surface area (Å²) >= 11 is 0. The highest BCUT2D eigenvalue weighted by atomic mass is 16.5. The molecule has 0 spiro atoms. The van der Waals surface area contributed by atoms with Crippen LogP contribution in [0.5, 0.6) is 11.5 Å². The van der Waals surface area contributed by atoms with Crippen molar-refractivity contribution in [2.45, 2.75) is 20.1 Å². The maximum absolute atomic E-state index is 12.0. The van der Waals surface area contributed by atoms with Crippen molar-refractivity contribution < 1.29 is 19.1 Å². The molecule has 3 rings (SSSR count). The minimum atomic E-state index is -0.211. The second-order valence-electron chi connectivity index (χ2n) is 6.56. The molecule has 0 saturated carbocycles. The lowest BCUT2D eigenvalue weighted by atomic mass is 10.1. The molecule has 0 saturated heterocycles. The van der Waals surface area contributed by atoms with E-state index in [4.69, 9.17) is 9.47 Å². The van der Waals surface area contributed by atoms with Crippen LogP contribution in [0.25, 0.3) is 0 Å². The van der Waals surface area contributed by atoms with Gasteiger partial charge in [-0.05, 0) is 54.4 Å². The molecule has 0 aliphatic heterocycles. The quantitative estimate of drug-likeness (QED) is 0.558. The fourth-order valence-electron chi connectivity index (χ4n) is 2.62. The third kappa shape index (κ3) is 6.50. The monoisotopic (exact) mass is 389 g/mol. The van der Waals surface area contributed by atoms with Gasteiger partial charge in [0.2, 0.25) is 0 Å². The van der Waals surface area contributed by atoms with Crippen LogP contribution < -0.4 is 14.8 Å². The number of carbonyl (C=O) groups is 2. The molecule has 0 atom stereocenters. The molecule has 148 valence electrons. The van der Waals surface area contributed by atoms with Crippen LogP contribution in [-0.2, 0) is 17.9 Å². The summed E-state index contributed by atoms with van der Waals surface area (Å²) in [5.41, 5.74) is 2.66. The van der Waals surface area contributed by atoms with Gasteiger partial charge in [0.15, 0.2) is 12.4 Å². The standard InChI is InChI=1S/C24H23NO4/c1-18(26)21-11-13-23(14-12-21)29-17-24(27)25-15-19-7-9-20(10-8-19)16-28-22-5-3-2-4-6-22/h2-14H,15-17H2,1H3,(H,25,27). The summed E-state index contributed by atoms with van der Waals surface area (Å²) < 4.78 is 11.2. The minimum absolute atomic E-state index is 0.00746. The average molecular weight is 389 g/mol. The van der Waals surface area contributed by atoms with E-state index < -0.39 is 0 Å². The number of benzene rings is 3. The number of nitrogens with one attached hydrogen (secondary N) is 1. The van der Waals surface area contributed by atoms with Crippen molar-refractivity contribution in [2.24, 2.45) is 0 Å². The predicted octanol–water partition coefficient (Wildman–Crippen LogP) is 4.16. The highest BCUT2D eigenvalue weighted by Crippen LogP contribution is 2.13. The molecule has 0 radical (unpaired) electrons. The van der Waals surface area contributed by atoms with Gasteiger partial charge in [-0.2, -0.15) is 0 Å². The zero-order valence-corrected chi connectivity index (χ0v) is 16.3. The molecule has 1 amide bonds. The van der Waals surface area contributed by atoms with Gasteiger partial charge < -0.3 is 14.8 Å². The van der Waals surface area contributed by atoms with Crippen LogP contribution in [-0.4, -0.2) is 18.3 Å². The van der Waals surface area contributed by atoms with Gasteiger partial charge in [-0.3, -0.25) is 9.59 Å². The second-order valence-corrected chi connectivity index (χ2v) is 6.56. The highest BCUT2D eigenvalue weighted by Gasteiger charge is 2.05. The van der Waals surface area contributed by atoms with E-state index in [2.05, 4.69) is 5.32 Å². The van der Waals surface area contributed by atoms with E-state index in [9.17, 15) is 9.59 Å². The Morgan fingerprint density at radius 2 is 1.38 bits per heavy atom. The lowest BCUT2D eigenvalue weighted by Gasteiger charge is -2.09. The van der Waals surface area contributed by atoms with Gasteiger partial charge in [-0.25, -0.2) is 0 Å². The number of amides is 1. The van der Waals surface area contributed by atoms with Gasteiger partial charge >= 0.3 is 0 Å². The fourth-order valence-corrected chi connectivity index (χ4v) is 2.62. The van der Waals surface area contributed by atoms with Gasteiger partial charge in [-0.1, -0.05) is 42.5 Å². The molecule has 3 aromatic rings. The first-order chi connectivity index (χ1) is 14.1. The molecule has 0 bridgehead atoms. The Labute approximate surface area is 170 Å². The second kappa shape index (κ2) is 10.1. The van der Waals surface area contributed by atoms with Gasteiger partial charge in [0, 0.05) is 12.1 Å². The Hall–Kier alpha value is -3.60. The van der Waals surface area contributed by atoms with Crippen molar-refractivity contribution in [3.05, 3.63) is 95.6 Å². The fraction of sp³-hybridized carbons (Fsp3) is 0.167. The summed E-state index contributed by atoms with van der Waals surface area (Å²) in [6.07, 6.45) is 0. The summed E-state index contributed by atoms with van der Waals surface area (Å²) in [5.74, 6) is 1.16. The summed E-state index contributed by atoms with van der Waals surface area (Å²) in [7, 11) is 0. The lowest BCUT2D eigenvalue weighted by molar-refractivity contribution is -0.123. The average Bonchev–Trinajstić information content (AvgIpc) is 2.76. The Kier molecular flexibility index (Phi) is 7.00. The van der Waals surface area contributed by atoms with Crippen molar-refractivity contribution in [2.75, 3.05) is 6.61 Å². The van der Waals surface area contributed by atoms with Crippen LogP contribution in [0.2, 0.25) is 0 Å². The Balaban J connectivity index is 1.40. The number of Topliss-reactive ketones (excluding diaryl/α,β-unsaturated/α-hetero) is 1. The van der Waals surface area contributed by atoms with E-state index in [0.717, 1.165) is 16.9 Å². The molecule has 5 heteroatoms. The molecule has 0 aromatic heterocycles. The Morgan fingerprint density at radius 3 is 2.03 bits per heavy atom. The molecular weight excluding hydrogens is 366 g/mol. The molecule has 29 heavy (non-hydrogen) atoms. The highest BCUT2D eigenvalue weighted by molar-refractivity contribution is 5.94. The normalized spacial score (nSPS) is 10.2. The van der Waals surface area contributed by atoms with E-state index in [1.807, 2.05) is 54.6 Å². The number of carbonyl (C=O) groups excluding carboxylic acids is 2. The molecule has 0 fully saturated rings. The zero-order valence-electron chi connectivity index (χ0n) is 16.3. The number of hydrogen-bond donors (Lipinski definition) is 1. The van der Waals surface area contributed by atoms with Crippen LogP contribution in [0, 0.1) is 0 Å². The number of rotatable bonds is 9. The maximum atomic E-state index is 12.0. The molecule has 0 unspecified atom stereocenters. The summed E-state index contributed by atoms with van der Waals surface area (Å²) in [6, 6.07) is 24.3. The van der Waals surface area contributed by atoms with Crippen LogP contribution in [0.4, 0.5) is 0 Å². The van der Waals surface area contributed by atoms with E-state index in [0.29, 0.717) is 24.5 Å². The van der Waals surface area contributed by atoms with Crippen LogP contribution in [0.15, 0.2) is 78.9 Å². The molecule has 3 aromatic carbocycles. The Bertz CT molecular complexity index is 935. The molecule has 5 nitrogen and oxygen atoms in total. The third-order valence-corrected chi connectivity index (χ3v) is 4.29. The largest absolute Gasteiger partial charge is 0.489 e. The van der Waals surface area contributed by atoms with Crippen molar-refractivity contribution in [3.63, 3.8) is 0 Å². The summed E-state index contributed by atoms with van der Waals surface area (Å²) in [5, 5.41) is 2.83. The van der Waals surface area contributed by atoms with E-state index in [1.165, 1.54) is 6.92 Å². The van der Waals surface area contributed by atoms with Crippen LogP contribution >= 0.6 is 0 Å². The molecule has 0 heterocycles. The number of hydrogen-bond acceptors (Lipinski definition) is 4.